The number of amides is 3. The first-order valence-electron chi connectivity index (χ1n) is 10.8. The van der Waals surface area contributed by atoms with Crippen molar-refractivity contribution in [3.05, 3.63) is 82.0 Å². The summed E-state index contributed by atoms with van der Waals surface area (Å²) in [5.74, 6) is -0.451. The van der Waals surface area contributed by atoms with Crippen LogP contribution in [-0.4, -0.2) is 33.3 Å². The molecular formula is C25H24N4O3S2. The first kappa shape index (κ1) is 23.7. The Morgan fingerprint density at radius 3 is 2.44 bits per heavy atom. The monoisotopic (exact) mass is 492 g/mol. The Morgan fingerprint density at radius 2 is 1.76 bits per heavy atom. The maximum atomic E-state index is 13.8. The van der Waals surface area contributed by atoms with E-state index < -0.39 is 17.2 Å². The summed E-state index contributed by atoms with van der Waals surface area (Å²) in [5.41, 5.74) is 2.59. The van der Waals surface area contributed by atoms with Crippen LogP contribution in [-0.2, 0) is 11.3 Å². The second-order valence-corrected chi connectivity index (χ2v) is 9.74. The lowest BCUT2D eigenvalue weighted by Crippen LogP contribution is -2.42. The number of hydrogen-bond acceptors (Lipinski definition) is 6. The van der Waals surface area contributed by atoms with Crippen LogP contribution < -0.4 is 16.2 Å². The van der Waals surface area contributed by atoms with Gasteiger partial charge in [-0.15, -0.1) is 11.3 Å². The molecule has 9 heteroatoms. The van der Waals surface area contributed by atoms with E-state index in [1.54, 1.807) is 18.4 Å². The molecule has 3 amide bonds. The zero-order chi connectivity index (χ0) is 24.1. The molecule has 4 aromatic rings. The summed E-state index contributed by atoms with van der Waals surface area (Å²) in [6.45, 7) is 4.19. The minimum atomic E-state index is -0.637. The lowest BCUT2D eigenvalue weighted by molar-refractivity contribution is -0.119. The van der Waals surface area contributed by atoms with Crippen molar-refractivity contribution in [1.29, 1.82) is 0 Å². The van der Waals surface area contributed by atoms with Crippen molar-refractivity contribution >= 4 is 45.3 Å². The van der Waals surface area contributed by atoms with E-state index in [1.165, 1.54) is 11.3 Å². The van der Waals surface area contributed by atoms with Crippen LogP contribution in [0, 0.1) is 0 Å². The SMILES string of the molecule is CCNC(=O)NC(=O)C(C)Sc1nc2scc(-c3ccccc3)c2c(=O)n1Cc1ccccc1. The van der Waals surface area contributed by atoms with E-state index in [0.29, 0.717) is 28.5 Å². The van der Waals surface area contributed by atoms with Crippen molar-refractivity contribution in [2.45, 2.75) is 30.8 Å². The number of nitrogens with zero attached hydrogens (tertiary/aromatic N) is 2. The molecule has 2 aromatic heterocycles. The minimum absolute atomic E-state index is 0.159. The van der Waals surface area contributed by atoms with Crippen LogP contribution in [0.25, 0.3) is 21.3 Å². The van der Waals surface area contributed by atoms with E-state index >= 15 is 0 Å². The van der Waals surface area contributed by atoms with E-state index in [9.17, 15) is 14.4 Å². The lowest BCUT2D eigenvalue weighted by atomic mass is 10.1. The molecular weight excluding hydrogens is 468 g/mol. The van der Waals surface area contributed by atoms with Gasteiger partial charge in [-0.2, -0.15) is 0 Å². The maximum absolute atomic E-state index is 13.8. The molecule has 34 heavy (non-hydrogen) atoms. The molecule has 1 unspecified atom stereocenters. The molecule has 0 saturated carbocycles. The van der Waals surface area contributed by atoms with Crippen LogP contribution >= 0.6 is 23.1 Å². The molecule has 0 fully saturated rings. The Morgan fingerprint density at radius 1 is 1.09 bits per heavy atom. The van der Waals surface area contributed by atoms with Crippen molar-refractivity contribution in [3.8, 4) is 11.1 Å². The predicted molar refractivity (Wildman–Crippen MR) is 137 cm³/mol. The molecule has 2 aromatic carbocycles. The fourth-order valence-electron chi connectivity index (χ4n) is 3.46. The van der Waals surface area contributed by atoms with Gasteiger partial charge in [0.2, 0.25) is 5.91 Å². The highest BCUT2D eigenvalue weighted by molar-refractivity contribution is 8.00. The van der Waals surface area contributed by atoms with Crippen molar-refractivity contribution in [2.24, 2.45) is 0 Å². The van der Waals surface area contributed by atoms with Gasteiger partial charge >= 0.3 is 6.03 Å². The van der Waals surface area contributed by atoms with Gasteiger partial charge in [0.1, 0.15) is 4.83 Å². The number of thioether (sulfide) groups is 1. The molecule has 174 valence electrons. The van der Waals surface area contributed by atoms with Gasteiger partial charge in [0.15, 0.2) is 5.16 Å². The summed E-state index contributed by atoms with van der Waals surface area (Å²) in [6, 6.07) is 18.9. The van der Waals surface area contributed by atoms with Gasteiger partial charge < -0.3 is 5.32 Å². The van der Waals surface area contributed by atoms with Crippen molar-refractivity contribution in [3.63, 3.8) is 0 Å². The molecule has 4 rings (SSSR count). The summed E-state index contributed by atoms with van der Waals surface area (Å²) in [4.78, 5) is 43.5. The van der Waals surface area contributed by atoms with Gasteiger partial charge in [0.25, 0.3) is 5.56 Å². The number of carbonyl (C=O) groups is 2. The lowest BCUT2D eigenvalue weighted by Gasteiger charge is -2.16. The van der Waals surface area contributed by atoms with Crippen LogP contribution in [0.5, 0.6) is 0 Å². The Hall–Kier alpha value is -3.43. The number of nitrogens with one attached hydrogen (secondary N) is 2. The van der Waals surface area contributed by atoms with Crippen LogP contribution in [0.4, 0.5) is 4.79 Å². The van der Waals surface area contributed by atoms with E-state index in [2.05, 4.69) is 10.6 Å². The van der Waals surface area contributed by atoms with Crippen molar-refractivity contribution < 1.29 is 9.59 Å². The molecule has 2 N–H and O–H groups in total. The number of hydrogen-bond donors (Lipinski definition) is 2. The highest BCUT2D eigenvalue weighted by Crippen LogP contribution is 2.33. The normalized spacial score (nSPS) is 11.8. The highest BCUT2D eigenvalue weighted by Gasteiger charge is 2.23. The largest absolute Gasteiger partial charge is 0.338 e. The van der Waals surface area contributed by atoms with Crippen LogP contribution in [0.15, 0.2) is 76.0 Å². The Kier molecular flexibility index (Phi) is 7.44. The number of rotatable bonds is 7. The van der Waals surface area contributed by atoms with E-state index in [4.69, 9.17) is 4.98 Å². The summed E-state index contributed by atoms with van der Waals surface area (Å²) < 4.78 is 1.61. The number of imide groups is 1. The molecule has 2 heterocycles. The first-order chi connectivity index (χ1) is 16.5. The van der Waals surface area contributed by atoms with Crippen LogP contribution in [0.2, 0.25) is 0 Å². The molecule has 0 radical (unpaired) electrons. The molecule has 0 saturated heterocycles. The second-order valence-electron chi connectivity index (χ2n) is 7.58. The highest BCUT2D eigenvalue weighted by atomic mass is 32.2. The van der Waals surface area contributed by atoms with Gasteiger partial charge in [-0.1, -0.05) is 72.4 Å². The van der Waals surface area contributed by atoms with Gasteiger partial charge in [0.05, 0.1) is 17.2 Å². The topological polar surface area (TPSA) is 93.1 Å². The molecule has 0 aliphatic rings. The standard InChI is InChI=1S/C25H24N4O3S2/c1-3-26-24(32)27-21(30)16(2)34-25-28-22-20(19(15-33-22)18-12-8-5-9-13-18)23(31)29(25)14-17-10-6-4-7-11-17/h4-13,15-16H,3,14H2,1-2H3,(H2,26,27,30,32). The van der Waals surface area contributed by atoms with Gasteiger partial charge in [0, 0.05) is 17.5 Å². The first-order valence-corrected chi connectivity index (χ1v) is 12.6. The number of thiophene rings is 1. The van der Waals surface area contributed by atoms with Crippen molar-refractivity contribution in [1.82, 2.24) is 20.2 Å². The zero-order valence-electron chi connectivity index (χ0n) is 18.8. The molecule has 0 aliphatic carbocycles. The zero-order valence-corrected chi connectivity index (χ0v) is 20.4. The fourth-order valence-corrected chi connectivity index (χ4v) is 5.36. The quantitative estimate of drug-likeness (QED) is 0.293. The Bertz CT molecular complexity index is 1370. The average molecular weight is 493 g/mol. The van der Waals surface area contributed by atoms with Gasteiger partial charge in [-0.25, -0.2) is 9.78 Å². The average Bonchev–Trinajstić information content (AvgIpc) is 3.27. The molecule has 0 spiro atoms. The predicted octanol–water partition coefficient (Wildman–Crippen LogP) is 4.50. The van der Waals surface area contributed by atoms with Gasteiger partial charge in [-0.05, 0) is 25.0 Å². The van der Waals surface area contributed by atoms with E-state index in [0.717, 1.165) is 28.5 Å². The molecule has 1 atom stereocenters. The number of urea groups is 1. The summed E-state index contributed by atoms with van der Waals surface area (Å²) in [7, 11) is 0. The van der Waals surface area contributed by atoms with Crippen LogP contribution in [0.3, 0.4) is 0 Å². The number of fused-ring (bicyclic) bond motifs is 1. The molecule has 7 nitrogen and oxygen atoms in total. The maximum Gasteiger partial charge on any atom is 0.321 e. The third kappa shape index (κ3) is 5.21. The van der Waals surface area contributed by atoms with E-state index in [-0.39, 0.29) is 5.56 Å². The Balaban J connectivity index is 1.76. The summed E-state index contributed by atoms with van der Waals surface area (Å²) in [5, 5.41) is 7.17. The Labute approximate surface area is 205 Å². The number of aromatic nitrogens is 2. The number of carbonyl (C=O) groups excluding carboxylic acids is 2. The van der Waals surface area contributed by atoms with Crippen LogP contribution in [0.1, 0.15) is 19.4 Å². The van der Waals surface area contributed by atoms with Gasteiger partial charge in [-0.3, -0.25) is 19.5 Å². The summed E-state index contributed by atoms with van der Waals surface area (Å²) in [6.07, 6.45) is 0. The minimum Gasteiger partial charge on any atom is -0.338 e. The molecule has 0 bridgehead atoms. The van der Waals surface area contributed by atoms with E-state index in [1.807, 2.05) is 66.0 Å². The summed E-state index contributed by atoms with van der Waals surface area (Å²) >= 11 is 2.56. The molecule has 0 aliphatic heterocycles. The third-order valence-corrected chi connectivity index (χ3v) is 7.11. The second kappa shape index (κ2) is 10.7. The smallest absolute Gasteiger partial charge is 0.321 e. The third-order valence-electron chi connectivity index (χ3n) is 5.15. The van der Waals surface area contributed by atoms with Crippen molar-refractivity contribution in [2.75, 3.05) is 6.54 Å². The number of benzene rings is 2. The fraction of sp³-hybridized carbons (Fsp3) is 0.200.